The zero-order chi connectivity index (χ0) is 58.5. The molecule has 0 amide bonds. The summed E-state index contributed by atoms with van der Waals surface area (Å²) in [5.74, 6) is -1.02. The Morgan fingerprint density at radius 1 is 0.259 bits per heavy atom. The molecule has 6 heteroatoms. The number of ether oxygens (including phenoxy) is 3. The van der Waals surface area contributed by atoms with Crippen molar-refractivity contribution >= 4 is 17.9 Å². The first-order valence-corrected chi connectivity index (χ1v) is 32.6. The Labute approximate surface area is 498 Å². The van der Waals surface area contributed by atoms with Crippen molar-refractivity contribution in [2.75, 3.05) is 13.2 Å². The highest BCUT2D eigenvalue weighted by Gasteiger charge is 2.19. The summed E-state index contributed by atoms with van der Waals surface area (Å²) >= 11 is 0. The first-order chi connectivity index (χ1) is 40.0. The van der Waals surface area contributed by atoms with Crippen LogP contribution in [-0.4, -0.2) is 37.2 Å². The van der Waals surface area contributed by atoms with E-state index in [9.17, 15) is 14.4 Å². The lowest BCUT2D eigenvalue weighted by Gasteiger charge is -2.18. The molecule has 0 aliphatic heterocycles. The smallest absolute Gasteiger partial charge is 0.306 e. The van der Waals surface area contributed by atoms with Crippen LogP contribution >= 0.6 is 0 Å². The largest absolute Gasteiger partial charge is 0.462 e. The molecule has 0 fully saturated rings. The monoisotopic (exact) mass is 1110 g/mol. The number of rotatable bonds is 57. The second-order valence-corrected chi connectivity index (χ2v) is 20.9. The average Bonchev–Trinajstić information content (AvgIpc) is 3.47. The quantitative estimate of drug-likeness (QED) is 0.0261. The summed E-state index contributed by atoms with van der Waals surface area (Å²) in [5, 5.41) is 0. The van der Waals surface area contributed by atoms with Crippen LogP contribution in [0.2, 0.25) is 0 Å². The van der Waals surface area contributed by atoms with E-state index in [1.807, 2.05) is 0 Å². The molecule has 0 spiro atoms. The predicted molar refractivity (Wildman–Crippen MR) is 352 cm³/mol. The molecule has 1 atom stereocenters. The van der Waals surface area contributed by atoms with Gasteiger partial charge in [0.15, 0.2) is 6.10 Å². The van der Waals surface area contributed by atoms with E-state index in [-0.39, 0.29) is 44.0 Å². The zero-order valence-corrected chi connectivity index (χ0v) is 52.0. The summed E-state index contributed by atoms with van der Waals surface area (Å²) in [6.07, 6.45) is 99.3. The predicted octanol–water partition coefficient (Wildman–Crippen LogP) is 22.7. The van der Waals surface area contributed by atoms with Gasteiger partial charge in [-0.15, -0.1) is 0 Å². The molecule has 0 saturated heterocycles. The third-order valence-corrected chi connectivity index (χ3v) is 13.2. The third kappa shape index (κ3) is 65.5. The molecule has 0 aromatic rings. The van der Waals surface area contributed by atoms with E-state index in [1.165, 1.54) is 83.5 Å². The first kappa shape index (κ1) is 75.8. The topological polar surface area (TPSA) is 78.9 Å². The van der Waals surface area contributed by atoms with Crippen LogP contribution in [0.5, 0.6) is 0 Å². The summed E-state index contributed by atoms with van der Waals surface area (Å²) in [4.78, 5) is 38.4. The Kier molecular flexibility index (Phi) is 62.9. The maximum Gasteiger partial charge on any atom is 0.306 e. The number of esters is 3. The van der Waals surface area contributed by atoms with Crippen LogP contribution in [0.3, 0.4) is 0 Å². The van der Waals surface area contributed by atoms with Crippen molar-refractivity contribution in [1.82, 2.24) is 0 Å². The minimum atomic E-state index is -0.833. The Bertz CT molecular complexity index is 1860. The fourth-order valence-corrected chi connectivity index (χ4v) is 8.36. The van der Waals surface area contributed by atoms with E-state index in [2.05, 4.69) is 191 Å². The van der Waals surface area contributed by atoms with Gasteiger partial charge in [-0.2, -0.15) is 0 Å². The summed E-state index contributed by atoms with van der Waals surface area (Å²) in [6.45, 7) is 6.33. The number of carbonyl (C=O) groups is 3. The molecule has 1 unspecified atom stereocenters. The van der Waals surface area contributed by atoms with Crippen molar-refractivity contribution in [3.63, 3.8) is 0 Å². The SMILES string of the molecule is CC/C=C\C/C=C\C/C=C\C/C=C\C/C=C\C/C=C\CCCCC(=O)OCC(COC(=O)CCCCCCCCCCC/C=C\C/C=C\CCCCCCC)OC(=O)CCCC/C=C\C/C=C\C/C=C\C/C=C\C/C=C\C/C=C\CC. The Balaban J connectivity index is 4.59. The minimum absolute atomic E-state index is 0.120. The Hall–Kier alpha value is -5.23. The van der Waals surface area contributed by atoms with Gasteiger partial charge in [0.05, 0.1) is 0 Å². The molecule has 0 aromatic heterocycles. The van der Waals surface area contributed by atoms with Crippen LogP contribution in [0.25, 0.3) is 0 Å². The van der Waals surface area contributed by atoms with Crippen molar-refractivity contribution < 1.29 is 28.6 Å². The zero-order valence-electron chi connectivity index (χ0n) is 52.0. The van der Waals surface area contributed by atoms with Crippen molar-refractivity contribution in [1.29, 1.82) is 0 Å². The van der Waals surface area contributed by atoms with Gasteiger partial charge in [0, 0.05) is 19.3 Å². The van der Waals surface area contributed by atoms with Gasteiger partial charge < -0.3 is 14.2 Å². The first-order valence-electron chi connectivity index (χ1n) is 32.6. The number of unbranched alkanes of at least 4 members (excludes halogenated alkanes) is 18. The van der Waals surface area contributed by atoms with Crippen LogP contribution in [0.1, 0.15) is 265 Å². The van der Waals surface area contributed by atoms with Crippen molar-refractivity contribution in [3.05, 3.63) is 170 Å². The standard InChI is InChI=1S/C75H118O6/c1-4-7-10-13-16-19-22-25-28-31-34-37-40-43-46-49-52-55-58-61-64-67-73(76)79-70-72(81-75(78)69-66-63-60-57-54-51-48-45-42-39-36-33-30-27-24-21-18-15-12-9-6-3)71-80-74(77)68-65-62-59-56-53-50-47-44-41-38-35-32-29-26-23-20-17-14-11-8-5-2/h7,9-10,12,16,18-19,21,23,25-28,30,32,34-37,39,43,45-46,48,52,54-55,57,72H,4-6,8,11,13-15,17,20,22,24,29,31,33,38,40-42,44,47,49-51,53,56,58-71H2,1-3H3/b10-7-,12-9-,19-16-,21-18-,26-23-,28-25-,30-27-,35-32-,37-34-,39-36-,46-43-,48-45-,55-52-,57-54-. The van der Waals surface area contributed by atoms with Gasteiger partial charge in [0.2, 0.25) is 0 Å². The van der Waals surface area contributed by atoms with Gasteiger partial charge in [0.1, 0.15) is 13.2 Å². The highest BCUT2D eigenvalue weighted by molar-refractivity contribution is 5.71. The second kappa shape index (κ2) is 67.3. The number of carbonyl (C=O) groups excluding carboxylic acids is 3. The molecule has 0 aliphatic rings. The molecule has 0 bridgehead atoms. The highest BCUT2D eigenvalue weighted by atomic mass is 16.6. The molecule has 0 radical (unpaired) electrons. The maximum atomic E-state index is 12.9. The fraction of sp³-hybridized carbons (Fsp3) is 0.587. The van der Waals surface area contributed by atoms with E-state index in [1.54, 1.807) is 0 Å². The van der Waals surface area contributed by atoms with E-state index in [0.29, 0.717) is 19.3 Å². The van der Waals surface area contributed by atoms with Crippen LogP contribution in [0.15, 0.2) is 170 Å². The van der Waals surface area contributed by atoms with Gasteiger partial charge in [-0.3, -0.25) is 14.4 Å². The van der Waals surface area contributed by atoms with E-state index in [0.717, 1.165) is 128 Å². The maximum absolute atomic E-state index is 12.9. The molecule has 454 valence electrons. The molecular weight excluding hydrogens is 997 g/mol. The Morgan fingerprint density at radius 3 is 0.778 bits per heavy atom. The van der Waals surface area contributed by atoms with Crippen LogP contribution in [0, 0.1) is 0 Å². The van der Waals surface area contributed by atoms with Crippen molar-refractivity contribution in [3.8, 4) is 0 Å². The van der Waals surface area contributed by atoms with Crippen molar-refractivity contribution in [2.45, 2.75) is 271 Å². The van der Waals surface area contributed by atoms with E-state index in [4.69, 9.17) is 14.2 Å². The van der Waals surface area contributed by atoms with Crippen molar-refractivity contribution in [2.24, 2.45) is 0 Å². The summed E-state index contributed by atoms with van der Waals surface area (Å²) in [6, 6.07) is 0. The number of hydrogen-bond donors (Lipinski definition) is 0. The molecule has 0 N–H and O–H groups in total. The van der Waals surface area contributed by atoms with Gasteiger partial charge >= 0.3 is 17.9 Å². The lowest BCUT2D eigenvalue weighted by molar-refractivity contribution is -0.167. The molecule has 81 heavy (non-hydrogen) atoms. The minimum Gasteiger partial charge on any atom is -0.462 e. The fourth-order valence-electron chi connectivity index (χ4n) is 8.36. The lowest BCUT2D eigenvalue weighted by atomic mass is 10.1. The molecule has 0 saturated carbocycles. The molecule has 0 rings (SSSR count). The molecule has 0 aromatic carbocycles. The summed E-state index contributed by atoms with van der Waals surface area (Å²) < 4.78 is 16.9. The van der Waals surface area contributed by atoms with E-state index < -0.39 is 6.10 Å². The Morgan fingerprint density at radius 2 is 0.481 bits per heavy atom. The molecular formula is C75H118O6. The number of allylic oxidation sites excluding steroid dienone is 28. The number of hydrogen-bond acceptors (Lipinski definition) is 6. The molecule has 0 heterocycles. The highest BCUT2D eigenvalue weighted by Crippen LogP contribution is 2.14. The van der Waals surface area contributed by atoms with Gasteiger partial charge in [-0.1, -0.05) is 262 Å². The third-order valence-electron chi connectivity index (χ3n) is 13.2. The van der Waals surface area contributed by atoms with Crippen LogP contribution in [0.4, 0.5) is 0 Å². The van der Waals surface area contributed by atoms with Crippen LogP contribution < -0.4 is 0 Å². The summed E-state index contributed by atoms with van der Waals surface area (Å²) in [7, 11) is 0. The van der Waals surface area contributed by atoms with E-state index >= 15 is 0 Å². The summed E-state index contributed by atoms with van der Waals surface area (Å²) in [5.41, 5.74) is 0. The average molecular weight is 1120 g/mol. The van der Waals surface area contributed by atoms with Gasteiger partial charge in [0.25, 0.3) is 0 Å². The molecule has 6 nitrogen and oxygen atoms in total. The van der Waals surface area contributed by atoms with Gasteiger partial charge in [-0.25, -0.2) is 0 Å². The molecule has 0 aliphatic carbocycles. The van der Waals surface area contributed by atoms with Crippen LogP contribution in [-0.2, 0) is 28.6 Å². The second-order valence-electron chi connectivity index (χ2n) is 20.9. The normalized spacial score (nSPS) is 13.3. The van der Waals surface area contributed by atoms with Gasteiger partial charge in [-0.05, 0) is 154 Å². The lowest BCUT2D eigenvalue weighted by Crippen LogP contribution is -2.30.